The number of dihydropyridines is 1. The Morgan fingerprint density at radius 1 is 1.22 bits per heavy atom. The molecule has 148 valence electrons. The molecule has 0 aromatic heterocycles. The first-order chi connectivity index (χ1) is 13.1. The third-order valence-corrected chi connectivity index (χ3v) is 5.71. The number of allylic oxidation sites excluding steroid dienone is 3. The fourth-order valence-corrected chi connectivity index (χ4v) is 4.26. The highest BCUT2D eigenvalue weighted by atomic mass is 16.5. The van der Waals surface area contributed by atoms with E-state index in [0.717, 1.165) is 54.9 Å². The molecule has 0 N–H and O–H groups in total. The number of aliphatic imine (C=N–C) groups is 2. The minimum Gasteiger partial charge on any atom is -0.464 e. The molecule has 3 aliphatic rings. The first kappa shape index (κ1) is 20.0. The second kappa shape index (κ2) is 8.48. The molecule has 27 heavy (non-hydrogen) atoms. The number of carbonyl (C=O) groups is 1. The van der Waals surface area contributed by atoms with Crippen molar-refractivity contribution >= 4 is 17.9 Å². The average molecular weight is 373 g/mol. The van der Waals surface area contributed by atoms with Crippen LogP contribution in [0.15, 0.2) is 32.4 Å². The molecular formula is C21H31N3O3. The molecule has 0 radical (unpaired) electrons. The smallest absolute Gasteiger partial charge is 0.339 e. The van der Waals surface area contributed by atoms with Gasteiger partial charge in [0.05, 0.1) is 18.9 Å². The van der Waals surface area contributed by atoms with E-state index in [1.165, 1.54) is 12.0 Å². The van der Waals surface area contributed by atoms with Crippen LogP contribution in [-0.2, 0) is 14.3 Å². The molecule has 0 aromatic carbocycles. The second-order valence-electron chi connectivity index (χ2n) is 7.22. The van der Waals surface area contributed by atoms with Crippen molar-refractivity contribution in [2.45, 2.75) is 52.0 Å². The number of hydrogen-bond donors (Lipinski definition) is 0. The van der Waals surface area contributed by atoms with E-state index in [2.05, 4.69) is 18.7 Å². The van der Waals surface area contributed by atoms with Gasteiger partial charge in [-0.1, -0.05) is 13.8 Å². The van der Waals surface area contributed by atoms with E-state index < -0.39 is 5.54 Å². The Kier molecular flexibility index (Phi) is 6.27. The lowest BCUT2D eigenvalue weighted by molar-refractivity contribution is -0.149. The predicted molar refractivity (Wildman–Crippen MR) is 107 cm³/mol. The quantitative estimate of drug-likeness (QED) is 0.614. The molecule has 0 aromatic rings. The normalized spacial score (nSPS) is 24.3. The molecule has 2 aliphatic heterocycles. The van der Waals surface area contributed by atoms with Crippen molar-refractivity contribution in [3.05, 3.63) is 22.4 Å². The second-order valence-corrected chi connectivity index (χ2v) is 7.22. The standard InChI is InChI=1S/C21H31N3O3/c1-5-24(6-2)14-21(20(25)27-7-3)16(13-26-4)19-15-10-8-9-11-17(15)23-18(19)12-22-21/h12H,5-11,13-14H2,1-4H3. The van der Waals surface area contributed by atoms with Gasteiger partial charge in [0.2, 0.25) is 0 Å². The van der Waals surface area contributed by atoms with Crippen LogP contribution in [0.25, 0.3) is 0 Å². The summed E-state index contributed by atoms with van der Waals surface area (Å²) in [5, 5.41) is 0. The van der Waals surface area contributed by atoms with Gasteiger partial charge in [-0.3, -0.25) is 9.98 Å². The lowest BCUT2D eigenvalue weighted by Gasteiger charge is -2.37. The summed E-state index contributed by atoms with van der Waals surface area (Å²) in [6.45, 7) is 8.90. The number of likely N-dealkylation sites (N-methyl/N-ethyl adjacent to an activating group) is 1. The SMILES string of the molecule is CCOC(=O)C1(CN(CC)CC)N=CC2=NC3=C(CCCC3)C2=C1COC. The van der Waals surface area contributed by atoms with Crippen LogP contribution < -0.4 is 0 Å². The van der Waals surface area contributed by atoms with Gasteiger partial charge in [0.25, 0.3) is 0 Å². The molecule has 3 rings (SSSR count). The van der Waals surface area contributed by atoms with Crippen LogP contribution in [0.4, 0.5) is 0 Å². The molecule has 0 fully saturated rings. The highest BCUT2D eigenvalue weighted by Crippen LogP contribution is 2.43. The number of rotatable bonds is 8. The zero-order valence-corrected chi connectivity index (χ0v) is 17.0. The number of nitrogens with zero attached hydrogens (tertiary/aromatic N) is 3. The molecule has 1 aliphatic carbocycles. The number of carbonyl (C=O) groups excluding carboxylic acids is 1. The Morgan fingerprint density at radius 2 is 1.96 bits per heavy atom. The van der Waals surface area contributed by atoms with Crippen molar-refractivity contribution in [1.29, 1.82) is 0 Å². The van der Waals surface area contributed by atoms with Gasteiger partial charge >= 0.3 is 5.97 Å². The lowest BCUT2D eigenvalue weighted by atomic mass is 9.78. The number of esters is 1. The van der Waals surface area contributed by atoms with Gasteiger partial charge in [0, 0.05) is 36.7 Å². The Hall–Kier alpha value is -1.79. The van der Waals surface area contributed by atoms with Crippen molar-refractivity contribution in [2.75, 3.05) is 40.0 Å². The third kappa shape index (κ3) is 3.52. The Morgan fingerprint density at radius 3 is 2.63 bits per heavy atom. The molecular weight excluding hydrogens is 342 g/mol. The summed E-state index contributed by atoms with van der Waals surface area (Å²) >= 11 is 0. The maximum absolute atomic E-state index is 13.2. The molecule has 0 spiro atoms. The molecule has 6 nitrogen and oxygen atoms in total. The lowest BCUT2D eigenvalue weighted by Crippen LogP contribution is -2.53. The topological polar surface area (TPSA) is 63.5 Å². The van der Waals surface area contributed by atoms with Gasteiger partial charge < -0.3 is 14.4 Å². The van der Waals surface area contributed by atoms with E-state index in [0.29, 0.717) is 19.8 Å². The van der Waals surface area contributed by atoms with Crippen molar-refractivity contribution in [1.82, 2.24) is 4.90 Å². The van der Waals surface area contributed by atoms with Crippen LogP contribution in [0.1, 0.15) is 46.5 Å². The maximum Gasteiger partial charge on any atom is 0.339 e. The summed E-state index contributed by atoms with van der Waals surface area (Å²) in [4.78, 5) is 25.0. The van der Waals surface area contributed by atoms with Gasteiger partial charge in [-0.15, -0.1) is 0 Å². The maximum atomic E-state index is 13.2. The average Bonchev–Trinajstić information content (AvgIpc) is 3.06. The third-order valence-electron chi connectivity index (χ3n) is 5.71. The van der Waals surface area contributed by atoms with Crippen LogP contribution in [-0.4, -0.2) is 68.3 Å². The number of hydrogen-bond acceptors (Lipinski definition) is 6. The van der Waals surface area contributed by atoms with Crippen molar-refractivity contribution in [3.8, 4) is 0 Å². The largest absolute Gasteiger partial charge is 0.464 e. The van der Waals surface area contributed by atoms with E-state index in [4.69, 9.17) is 19.5 Å². The van der Waals surface area contributed by atoms with Gasteiger partial charge in [0.1, 0.15) is 0 Å². The molecule has 0 saturated carbocycles. The summed E-state index contributed by atoms with van der Waals surface area (Å²) in [6.07, 6.45) is 6.11. The van der Waals surface area contributed by atoms with Gasteiger partial charge in [-0.05, 0) is 51.3 Å². The number of ether oxygens (including phenoxy) is 2. The zero-order valence-electron chi connectivity index (χ0n) is 17.0. The molecule has 6 heteroatoms. The van der Waals surface area contributed by atoms with Crippen LogP contribution in [0.2, 0.25) is 0 Å². The van der Waals surface area contributed by atoms with E-state index in [1.54, 1.807) is 13.3 Å². The summed E-state index contributed by atoms with van der Waals surface area (Å²) in [6, 6.07) is 0. The number of fused-ring (bicyclic) bond motifs is 2. The van der Waals surface area contributed by atoms with E-state index in [9.17, 15) is 4.79 Å². The van der Waals surface area contributed by atoms with Crippen molar-refractivity contribution in [3.63, 3.8) is 0 Å². The number of methoxy groups -OCH3 is 1. The Bertz CT molecular complexity index is 716. The van der Waals surface area contributed by atoms with Gasteiger partial charge in [-0.2, -0.15) is 0 Å². The van der Waals surface area contributed by atoms with Crippen LogP contribution in [0.5, 0.6) is 0 Å². The highest BCUT2D eigenvalue weighted by molar-refractivity contribution is 6.42. The summed E-state index contributed by atoms with van der Waals surface area (Å²) < 4.78 is 11.1. The van der Waals surface area contributed by atoms with Crippen LogP contribution in [0.3, 0.4) is 0 Å². The molecule has 1 unspecified atom stereocenters. The Labute approximate surface area is 162 Å². The highest BCUT2D eigenvalue weighted by Gasteiger charge is 2.49. The van der Waals surface area contributed by atoms with Crippen LogP contribution >= 0.6 is 0 Å². The fraction of sp³-hybridized carbons (Fsp3) is 0.667. The fourth-order valence-electron chi connectivity index (χ4n) is 4.26. The van der Waals surface area contributed by atoms with Crippen molar-refractivity contribution in [2.24, 2.45) is 9.98 Å². The molecule has 1 atom stereocenters. The van der Waals surface area contributed by atoms with Crippen molar-refractivity contribution < 1.29 is 14.3 Å². The summed E-state index contributed by atoms with van der Waals surface area (Å²) in [7, 11) is 1.67. The first-order valence-corrected chi connectivity index (χ1v) is 10.1. The molecule has 2 heterocycles. The molecule has 0 saturated heterocycles. The minimum absolute atomic E-state index is 0.295. The molecule has 0 amide bonds. The van der Waals surface area contributed by atoms with Gasteiger partial charge in [0.15, 0.2) is 5.54 Å². The van der Waals surface area contributed by atoms with Crippen LogP contribution in [0, 0.1) is 0 Å². The Balaban J connectivity index is 2.15. The van der Waals surface area contributed by atoms with E-state index in [-0.39, 0.29) is 5.97 Å². The molecule has 0 bridgehead atoms. The van der Waals surface area contributed by atoms with E-state index >= 15 is 0 Å². The first-order valence-electron chi connectivity index (χ1n) is 10.1. The predicted octanol–water partition coefficient (Wildman–Crippen LogP) is 2.94. The zero-order chi connectivity index (χ0) is 19.4. The minimum atomic E-state index is -1.06. The summed E-state index contributed by atoms with van der Waals surface area (Å²) in [5.41, 5.74) is 4.25. The van der Waals surface area contributed by atoms with E-state index in [1.807, 2.05) is 6.92 Å². The van der Waals surface area contributed by atoms with Gasteiger partial charge in [-0.25, -0.2) is 4.79 Å². The monoisotopic (exact) mass is 373 g/mol. The summed E-state index contributed by atoms with van der Waals surface area (Å²) in [5.74, 6) is -0.295.